The van der Waals surface area contributed by atoms with Crippen molar-refractivity contribution in [1.29, 1.82) is 0 Å². The summed E-state index contributed by atoms with van der Waals surface area (Å²) in [6.45, 7) is 4.34. The monoisotopic (exact) mass is 138 g/mol. The van der Waals surface area contributed by atoms with Crippen LogP contribution in [-0.4, -0.2) is 7.11 Å². The highest BCUT2D eigenvalue weighted by Gasteiger charge is 2.08. The Morgan fingerprint density at radius 1 is 1.60 bits per heavy atom. The molecule has 0 spiro atoms. The number of hydrogen-bond acceptors (Lipinski definition) is 1. The fourth-order valence-electron chi connectivity index (χ4n) is 1.29. The van der Waals surface area contributed by atoms with Gasteiger partial charge in [-0.05, 0) is 30.9 Å². The first-order valence-electron chi connectivity index (χ1n) is 3.66. The topological polar surface area (TPSA) is 9.23 Å². The van der Waals surface area contributed by atoms with Gasteiger partial charge in [0.15, 0.2) is 0 Å². The van der Waals surface area contributed by atoms with Gasteiger partial charge in [-0.15, -0.1) is 0 Å². The molecule has 0 N–H and O–H groups in total. The van der Waals surface area contributed by atoms with E-state index in [1.165, 1.54) is 5.57 Å². The molecule has 1 nitrogen and oxygen atoms in total. The minimum Gasteiger partial charge on any atom is -0.497 e. The molecule has 10 heavy (non-hydrogen) atoms. The van der Waals surface area contributed by atoms with Gasteiger partial charge in [-0.25, -0.2) is 0 Å². The van der Waals surface area contributed by atoms with Crippen molar-refractivity contribution in [1.82, 2.24) is 0 Å². The minimum atomic E-state index is 0.680. The molecule has 1 aliphatic carbocycles. The second kappa shape index (κ2) is 2.91. The first-order chi connectivity index (χ1) is 4.74. The summed E-state index contributed by atoms with van der Waals surface area (Å²) in [5, 5.41) is 0. The van der Waals surface area contributed by atoms with Crippen LogP contribution in [0.25, 0.3) is 0 Å². The number of hydrogen-bond donors (Lipinski definition) is 0. The summed E-state index contributed by atoms with van der Waals surface area (Å²) >= 11 is 0. The van der Waals surface area contributed by atoms with Crippen molar-refractivity contribution < 1.29 is 4.74 Å². The van der Waals surface area contributed by atoms with Gasteiger partial charge in [-0.2, -0.15) is 0 Å². The molecule has 0 saturated carbocycles. The molecule has 1 aliphatic rings. The van der Waals surface area contributed by atoms with E-state index >= 15 is 0 Å². The fraction of sp³-hybridized carbons (Fsp3) is 0.556. The third-order valence-corrected chi connectivity index (χ3v) is 1.84. The standard InChI is InChI=1S/C9H14O/c1-7-4-5-9(10-3)8(2)6-7/h4-5,7H,6H2,1-3H3. The Labute approximate surface area is 62.4 Å². The van der Waals surface area contributed by atoms with E-state index in [1.807, 2.05) is 0 Å². The van der Waals surface area contributed by atoms with Crippen molar-refractivity contribution in [2.45, 2.75) is 20.3 Å². The first-order valence-corrected chi connectivity index (χ1v) is 3.66. The van der Waals surface area contributed by atoms with Crippen LogP contribution in [0.3, 0.4) is 0 Å². The molecule has 0 fully saturated rings. The van der Waals surface area contributed by atoms with Crippen molar-refractivity contribution >= 4 is 0 Å². The van der Waals surface area contributed by atoms with Gasteiger partial charge in [0.25, 0.3) is 0 Å². The van der Waals surface area contributed by atoms with Crippen LogP contribution >= 0.6 is 0 Å². The van der Waals surface area contributed by atoms with Crippen LogP contribution in [0.1, 0.15) is 20.3 Å². The third kappa shape index (κ3) is 1.41. The van der Waals surface area contributed by atoms with Crippen LogP contribution in [0.15, 0.2) is 23.5 Å². The highest BCUT2D eigenvalue weighted by Crippen LogP contribution is 2.22. The highest BCUT2D eigenvalue weighted by atomic mass is 16.5. The highest BCUT2D eigenvalue weighted by molar-refractivity contribution is 5.24. The number of allylic oxidation sites excluding steroid dienone is 3. The van der Waals surface area contributed by atoms with Crippen LogP contribution in [0, 0.1) is 5.92 Å². The molecular formula is C9H14O. The maximum absolute atomic E-state index is 5.14. The lowest BCUT2D eigenvalue weighted by atomic mass is 9.96. The minimum absolute atomic E-state index is 0.680. The lowest BCUT2D eigenvalue weighted by molar-refractivity contribution is 0.297. The Morgan fingerprint density at radius 3 is 2.80 bits per heavy atom. The van der Waals surface area contributed by atoms with Gasteiger partial charge in [0.2, 0.25) is 0 Å². The zero-order valence-electron chi connectivity index (χ0n) is 6.85. The predicted molar refractivity (Wildman–Crippen MR) is 42.6 cm³/mol. The van der Waals surface area contributed by atoms with Crippen molar-refractivity contribution in [3.05, 3.63) is 23.5 Å². The molecule has 0 heterocycles. The lowest BCUT2D eigenvalue weighted by Crippen LogP contribution is -2.00. The molecule has 56 valence electrons. The summed E-state index contributed by atoms with van der Waals surface area (Å²) in [4.78, 5) is 0. The largest absolute Gasteiger partial charge is 0.497 e. The Kier molecular flexibility index (Phi) is 2.15. The number of methoxy groups -OCH3 is 1. The van der Waals surface area contributed by atoms with Gasteiger partial charge >= 0.3 is 0 Å². The second-order valence-electron chi connectivity index (χ2n) is 2.89. The Morgan fingerprint density at radius 2 is 2.30 bits per heavy atom. The zero-order valence-corrected chi connectivity index (χ0v) is 6.85. The Balaban J connectivity index is 2.73. The molecule has 0 aromatic rings. The van der Waals surface area contributed by atoms with E-state index in [1.54, 1.807) is 7.11 Å². The van der Waals surface area contributed by atoms with Crippen LogP contribution in [0.5, 0.6) is 0 Å². The average Bonchev–Trinajstić information content (AvgIpc) is 1.88. The van der Waals surface area contributed by atoms with Gasteiger partial charge in [0.1, 0.15) is 5.76 Å². The van der Waals surface area contributed by atoms with Gasteiger partial charge < -0.3 is 4.74 Å². The molecule has 0 bridgehead atoms. The Bertz CT molecular complexity index is 177. The molecule has 1 heteroatoms. The van der Waals surface area contributed by atoms with Crippen LogP contribution in [-0.2, 0) is 4.74 Å². The first kappa shape index (κ1) is 7.39. The van der Waals surface area contributed by atoms with Crippen molar-refractivity contribution in [3.8, 4) is 0 Å². The zero-order chi connectivity index (χ0) is 7.56. The summed E-state index contributed by atoms with van der Waals surface area (Å²) in [5.41, 5.74) is 1.36. The maximum atomic E-state index is 5.14. The molecule has 0 aromatic heterocycles. The molecule has 1 atom stereocenters. The van der Waals surface area contributed by atoms with E-state index in [-0.39, 0.29) is 0 Å². The van der Waals surface area contributed by atoms with Gasteiger partial charge in [0, 0.05) is 0 Å². The predicted octanol–water partition coefficient (Wildman–Crippen LogP) is 2.50. The molecule has 0 aliphatic heterocycles. The third-order valence-electron chi connectivity index (χ3n) is 1.84. The molecule has 1 rings (SSSR count). The van der Waals surface area contributed by atoms with Crippen LogP contribution < -0.4 is 0 Å². The summed E-state index contributed by atoms with van der Waals surface area (Å²) in [7, 11) is 1.72. The van der Waals surface area contributed by atoms with E-state index < -0.39 is 0 Å². The Hall–Kier alpha value is -0.720. The average molecular weight is 138 g/mol. The van der Waals surface area contributed by atoms with Gasteiger partial charge in [-0.3, -0.25) is 0 Å². The molecule has 1 unspecified atom stereocenters. The number of ether oxygens (including phenoxy) is 1. The summed E-state index contributed by atoms with van der Waals surface area (Å²) < 4.78 is 5.14. The summed E-state index contributed by atoms with van der Waals surface area (Å²) in [6.07, 6.45) is 5.38. The normalized spacial score (nSPS) is 25.3. The summed E-state index contributed by atoms with van der Waals surface area (Å²) in [5.74, 6) is 1.72. The van der Waals surface area contributed by atoms with E-state index in [9.17, 15) is 0 Å². The van der Waals surface area contributed by atoms with Gasteiger partial charge in [-0.1, -0.05) is 13.0 Å². The van der Waals surface area contributed by atoms with E-state index in [2.05, 4.69) is 26.0 Å². The molecular weight excluding hydrogens is 124 g/mol. The molecule has 0 amide bonds. The van der Waals surface area contributed by atoms with E-state index in [0.29, 0.717) is 5.92 Å². The van der Waals surface area contributed by atoms with Crippen LogP contribution in [0.4, 0.5) is 0 Å². The van der Waals surface area contributed by atoms with Crippen molar-refractivity contribution in [3.63, 3.8) is 0 Å². The summed E-state index contributed by atoms with van der Waals surface area (Å²) in [6, 6.07) is 0. The van der Waals surface area contributed by atoms with E-state index in [4.69, 9.17) is 4.74 Å². The number of rotatable bonds is 1. The van der Waals surface area contributed by atoms with E-state index in [0.717, 1.165) is 12.2 Å². The molecule has 0 radical (unpaired) electrons. The second-order valence-corrected chi connectivity index (χ2v) is 2.89. The smallest absolute Gasteiger partial charge is 0.117 e. The molecule has 0 saturated heterocycles. The van der Waals surface area contributed by atoms with Crippen LogP contribution in [0.2, 0.25) is 0 Å². The fourth-order valence-corrected chi connectivity index (χ4v) is 1.29. The lowest BCUT2D eigenvalue weighted by Gasteiger charge is -2.15. The quantitative estimate of drug-likeness (QED) is 0.541. The van der Waals surface area contributed by atoms with Crippen molar-refractivity contribution in [2.24, 2.45) is 5.92 Å². The molecule has 0 aromatic carbocycles. The maximum Gasteiger partial charge on any atom is 0.117 e. The van der Waals surface area contributed by atoms with Crippen molar-refractivity contribution in [2.75, 3.05) is 7.11 Å². The SMILES string of the molecule is COC1=C(C)CC(C)C=C1. The van der Waals surface area contributed by atoms with Gasteiger partial charge in [0.05, 0.1) is 7.11 Å².